The number of hydrogen-bond acceptors (Lipinski definition) is 1. The van der Waals surface area contributed by atoms with Gasteiger partial charge in [-0.15, -0.1) is 13.2 Å². The summed E-state index contributed by atoms with van der Waals surface area (Å²) in [5.74, 6) is 2.12. The number of benzene rings is 2. The van der Waals surface area contributed by atoms with Crippen LogP contribution >= 0.6 is 0 Å². The Labute approximate surface area is 324 Å². The largest absolute Gasteiger partial charge is 0.199 e. The van der Waals surface area contributed by atoms with Crippen LogP contribution in [0.2, 0.25) is 0 Å². The molecule has 2 aromatic carbocycles. The molecule has 0 saturated carbocycles. The third-order valence-corrected chi connectivity index (χ3v) is 7.14. The van der Waals surface area contributed by atoms with E-state index in [1.165, 1.54) is 67.7 Å². The van der Waals surface area contributed by atoms with Gasteiger partial charge in [-0.25, -0.2) is 0 Å². The lowest BCUT2D eigenvalue weighted by Gasteiger charge is -2.17. The minimum absolute atomic E-state index is 0.677. The minimum atomic E-state index is 0.677. The quantitative estimate of drug-likeness (QED) is 0.188. The van der Waals surface area contributed by atoms with Crippen molar-refractivity contribution in [1.82, 2.24) is 0 Å². The maximum atomic E-state index is 7.32. The van der Waals surface area contributed by atoms with Gasteiger partial charge >= 0.3 is 0 Å². The number of hydrogen-bond donors (Lipinski definition) is 0. The standard InChI is InChI=1S/C12H22.C11H16.C9H12.C5H10.C4H10.C3H8.C2H3N.C2H6.C2H4/c1-6-8-9-12(10(3)4)11(5)7-2;1-3-7-10(2)11-8-5-4-6-9-11;1-3-9-7-5-4-6-8(9)2;1-4-5(2)3;1-3-4-2;1-3-2;1-2-3;2*1-2/h6,8-11H,7H2,1-5H3;4-6,8-10H,3,7H2,1-2H3;4-7H,3H2,1-2H3;4H,1-3H3;3-4H2,1-2H3;3H2,1-2H3;1H3;1-2H3;1-2H2/b8-6-,12-9-;;;;;;;;. The number of nitrogens with zero attached hydrogens (tertiary/aromatic N) is 1. The molecule has 2 aromatic rings. The fourth-order valence-corrected chi connectivity index (χ4v) is 3.76. The predicted molar refractivity (Wildman–Crippen MR) is 243 cm³/mol. The van der Waals surface area contributed by atoms with Gasteiger partial charge in [0.15, 0.2) is 0 Å². The molecule has 0 N–H and O–H groups in total. The van der Waals surface area contributed by atoms with E-state index >= 15 is 0 Å². The molecule has 0 saturated heterocycles. The second kappa shape index (κ2) is 56.3. The van der Waals surface area contributed by atoms with Gasteiger partial charge in [-0.05, 0) is 88.3 Å². The van der Waals surface area contributed by atoms with Crippen LogP contribution in [0.1, 0.15) is 186 Å². The first kappa shape index (κ1) is 63.0. The van der Waals surface area contributed by atoms with Crippen molar-refractivity contribution in [1.29, 1.82) is 5.26 Å². The first-order valence-electron chi connectivity index (χ1n) is 20.2. The Balaban J connectivity index is -0.0000000921. The molecule has 2 rings (SSSR count). The Morgan fingerprint density at radius 2 is 1.18 bits per heavy atom. The lowest BCUT2D eigenvalue weighted by Crippen LogP contribution is -2.04. The second-order valence-electron chi connectivity index (χ2n) is 12.3. The van der Waals surface area contributed by atoms with Crippen LogP contribution in [0.25, 0.3) is 0 Å². The summed E-state index contributed by atoms with van der Waals surface area (Å²) in [7, 11) is 0. The van der Waals surface area contributed by atoms with Crippen molar-refractivity contribution in [3.05, 3.63) is 120 Å². The molecule has 0 aliphatic carbocycles. The predicted octanol–water partition coefficient (Wildman–Crippen LogP) is 17.9. The third-order valence-electron chi connectivity index (χ3n) is 7.14. The van der Waals surface area contributed by atoms with Crippen molar-refractivity contribution in [2.45, 2.75) is 182 Å². The summed E-state index contributed by atoms with van der Waals surface area (Å²) in [5, 5.41) is 7.32. The van der Waals surface area contributed by atoms with Gasteiger partial charge in [0.25, 0.3) is 0 Å². The van der Waals surface area contributed by atoms with Gasteiger partial charge in [-0.3, -0.25) is 0 Å². The third kappa shape index (κ3) is 53.8. The van der Waals surface area contributed by atoms with Gasteiger partial charge in [-0.1, -0.05) is 206 Å². The molecule has 0 aromatic heterocycles. The summed E-state index contributed by atoms with van der Waals surface area (Å²) in [5.41, 5.74) is 7.27. The number of unbranched alkanes of at least 4 members (excludes halogenated alkanes) is 1. The Morgan fingerprint density at radius 1 is 0.765 bits per heavy atom. The van der Waals surface area contributed by atoms with Crippen LogP contribution in [0.3, 0.4) is 0 Å². The van der Waals surface area contributed by atoms with Gasteiger partial charge in [0, 0.05) is 6.92 Å². The zero-order chi connectivity index (χ0) is 41.5. The average molecular weight is 706 g/mol. The highest BCUT2D eigenvalue weighted by Gasteiger charge is 2.08. The van der Waals surface area contributed by atoms with E-state index in [4.69, 9.17) is 5.26 Å². The molecule has 0 radical (unpaired) electrons. The average Bonchev–Trinajstić information content (AvgIpc) is 3.15. The first-order valence-corrected chi connectivity index (χ1v) is 20.2. The summed E-state index contributed by atoms with van der Waals surface area (Å²) in [6, 6.07) is 21.0. The van der Waals surface area contributed by atoms with Crippen LogP contribution in [-0.4, -0.2) is 0 Å². The SMILES string of the molecule is C/C=C\C=C(\C(C)C)C(C)CC.C=C.CC.CC#N.CC=C(C)C.CCC.CCCC.CCCC(C)c1ccccc1.CCc1ccccc1C. The molecule has 1 heteroatoms. The van der Waals surface area contributed by atoms with Crippen LogP contribution in [-0.2, 0) is 6.42 Å². The molecule has 2 unspecified atom stereocenters. The van der Waals surface area contributed by atoms with E-state index in [0.29, 0.717) is 5.92 Å². The zero-order valence-electron chi connectivity index (χ0n) is 38.0. The van der Waals surface area contributed by atoms with Gasteiger partial charge in [-0.2, -0.15) is 5.26 Å². The van der Waals surface area contributed by atoms with Crippen molar-refractivity contribution in [3.63, 3.8) is 0 Å². The fraction of sp³-hybridized carbons (Fsp3) is 0.580. The molecular formula is C50H91N. The van der Waals surface area contributed by atoms with Crippen LogP contribution in [0.15, 0.2) is 103 Å². The molecule has 0 aliphatic heterocycles. The molecule has 0 bridgehead atoms. The molecule has 51 heavy (non-hydrogen) atoms. The highest BCUT2D eigenvalue weighted by molar-refractivity contribution is 5.25. The molecule has 1 nitrogen and oxygen atoms in total. The van der Waals surface area contributed by atoms with Gasteiger partial charge in [0.2, 0.25) is 0 Å². The summed E-state index contributed by atoms with van der Waals surface area (Å²) >= 11 is 0. The van der Waals surface area contributed by atoms with Gasteiger partial charge in [0.1, 0.15) is 0 Å². The summed E-state index contributed by atoms with van der Waals surface area (Å²) in [6.45, 7) is 46.2. The lowest BCUT2D eigenvalue weighted by atomic mass is 9.89. The van der Waals surface area contributed by atoms with Crippen LogP contribution in [0.4, 0.5) is 0 Å². The molecule has 0 heterocycles. The number of rotatable bonds is 9. The summed E-state index contributed by atoms with van der Waals surface area (Å²) in [4.78, 5) is 0. The van der Waals surface area contributed by atoms with Crippen LogP contribution in [0.5, 0.6) is 0 Å². The monoisotopic (exact) mass is 706 g/mol. The number of nitriles is 1. The highest BCUT2D eigenvalue weighted by atomic mass is 14.2. The van der Waals surface area contributed by atoms with Crippen molar-refractivity contribution < 1.29 is 0 Å². The molecule has 0 aliphatic rings. The van der Waals surface area contributed by atoms with Crippen molar-refractivity contribution in [2.24, 2.45) is 11.8 Å². The smallest absolute Gasteiger partial charge is 0.0587 e. The van der Waals surface area contributed by atoms with E-state index < -0.39 is 0 Å². The van der Waals surface area contributed by atoms with E-state index in [-0.39, 0.29) is 0 Å². The number of aryl methyl sites for hydroxylation is 2. The van der Waals surface area contributed by atoms with Crippen LogP contribution < -0.4 is 0 Å². The van der Waals surface area contributed by atoms with Gasteiger partial charge < -0.3 is 0 Å². The molecule has 0 spiro atoms. The zero-order valence-corrected chi connectivity index (χ0v) is 38.0. The summed E-state index contributed by atoms with van der Waals surface area (Å²) < 4.78 is 0. The number of allylic oxidation sites excluding steroid dienone is 6. The Bertz CT molecular complexity index is 1010. The van der Waals surface area contributed by atoms with Crippen molar-refractivity contribution >= 4 is 0 Å². The molecule has 296 valence electrons. The summed E-state index contributed by atoms with van der Waals surface area (Å²) in [6.07, 6.45) is 17.4. The maximum absolute atomic E-state index is 7.32. The highest BCUT2D eigenvalue weighted by Crippen LogP contribution is 2.22. The van der Waals surface area contributed by atoms with E-state index in [2.05, 4.69) is 196 Å². The Hall–Kier alpha value is -3.11. The molecular weight excluding hydrogens is 615 g/mol. The van der Waals surface area contributed by atoms with E-state index in [9.17, 15) is 0 Å². The first-order chi connectivity index (χ1) is 24.3. The second-order valence-corrected chi connectivity index (χ2v) is 12.3. The fourth-order valence-electron chi connectivity index (χ4n) is 3.76. The topological polar surface area (TPSA) is 23.8 Å². The molecule has 0 fully saturated rings. The van der Waals surface area contributed by atoms with E-state index in [1.54, 1.807) is 11.6 Å². The molecule has 2 atom stereocenters. The normalized spacial score (nSPS) is 10.2. The van der Waals surface area contributed by atoms with E-state index in [1.807, 2.05) is 20.8 Å². The Morgan fingerprint density at radius 3 is 1.45 bits per heavy atom. The molecule has 0 amide bonds. The van der Waals surface area contributed by atoms with Gasteiger partial charge in [0.05, 0.1) is 6.07 Å². The van der Waals surface area contributed by atoms with Crippen LogP contribution in [0, 0.1) is 30.1 Å². The van der Waals surface area contributed by atoms with Crippen molar-refractivity contribution in [2.75, 3.05) is 0 Å². The Kier molecular flexibility index (Phi) is 69.5. The maximum Gasteiger partial charge on any atom is 0.0587 e. The lowest BCUT2D eigenvalue weighted by molar-refractivity contribution is 0.568. The minimum Gasteiger partial charge on any atom is -0.199 e. The van der Waals surface area contributed by atoms with E-state index in [0.717, 1.165) is 18.3 Å². The van der Waals surface area contributed by atoms with Crippen molar-refractivity contribution in [3.8, 4) is 6.07 Å².